The van der Waals surface area contributed by atoms with Crippen molar-refractivity contribution in [2.24, 2.45) is 0 Å². The Kier molecular flexibility index (Phi) is 12.7. The molecule has 1 aromatic carbocycles. The van der Waals surface area contributed by atoms with Gasteiger partial charge in [-0.1, -0.05) is 12.1 Å². The number of benzene rings is 1. The zero-order chi connectivity index (χ0) is 41.6. The Balaban J connectivity index is 2.99. The molecule has 28 heteroatoms. The number of alkyl halides is 26. The summed E-state index contributed by atoms with van der Waals surface area (Å²) < 4.78 is 352. The highest BCUT2D eigenvalue weighted by Gasteiger charge is 2.92. The van der Waals surface area contributed by atoms with E-state index in [-0.39, 0.29) is 0 Å². The summed E-state index contributed by atoms with van der Waals surface area (Å²) in [6.45, 7) is -2.80. The maximum atomic E-state index is 13.9. The van der Waals surface area contributed by atoms with E-state index in [4.69, 9.17) is 0 Å². The lowest BCUT2D eigenvalue weighted by Gasteiger charge is -2.39. The standard InChI is InChI=1S/C24H16F26O2/c25-13(26,15(29,30)17(33,34)19(37,38)21(41,42)23(45,46)47)7-3-9-51-11-5-1-2-6-12(11)52-10-4-8-14(27,28)16(31,32)18(35,36)20(39,40)22(43,44)24(48,49)50/h1-2,5-6H,3-4,7-10H2. The van der Waals surface area contributed by atoms with Gasteiger partial charge in [-0.25, -0.2) is 0 Å². The Bertz CT molecular complexity index is 1240. The van der Waals surface area contributed by atoms with E-state index < -0.39 is 122 Å². The molecule has 0 saturated heterocycles. The number of hydrogen-bond donors (Lipinski definition) is 0. The molecular formula is C24H16F26O2. The lowest BCUT2D eigenvalue weighted by atomic mass is 9.92. The Morgan fingerprint density at radius 2 is 0.558 bits per heavy atom. The molecule has 52 heavy (non-hydrogen) atoms. The molecule has 0 spiro atoms. The van der Waals surface area contributed by atoms with Crippen molar-refractivity contribution in [2.75, 3.05) is 13.2 Å². The van der Waals surface area contributed by atoms with Crippen LogP contribution < -0.4 is 9.47 Å². The second kappa shape index (κ2) is 14.0. The van der Waals surface area contributed by atoms with Crippen molar-refractivity contribution in [3.63, 3.8) is 0 Å². The van der Waals surface area contributed by atoms with Crippen LogP contribution in [0.4, 0.5) is 114 Å². The smallest absolute Gasteiger partial charge is 0.460 e. The van der Waals surface area contributed by atoms with Gasteiger partial charge in [-0.05, 0) is 25.0 Å². The van der Waals surface area contributed by atoms with Crippen molar-refractivity contribution in [3.8, 4) is 11.5 Å². The molecule has 0 amide bonds. The zero-order valence-electron chi connectivity index (χ0n) is 24.2. The van der Waals surface area contributed by atoms with Crippen LogP contribution in [-0.4, -0.2) is 84.8 Å². The molecule has 0 aliphatic rings. The molecule has 0 radical (unpaired) electrons. The van der Waals surface area contributed by atoms with Crippen molar-refractivity contribution in [2.45, 2.75) is 97.3 Å². The van der Waals surface area contributed by atoms with E-state index in [1.807, 2.05) is 0 Å². The van der Waals surface area contributed by atoms with Gasteiger partial charge in [-0.3, -0.25) is 0 Å². The van der Waals surface area contributed by atoms with Gasteiger partial charge in [0.25, 0.3) is 0 Å². The van der Waals surface area contributed by atoms with Crippen molar-refractivity contribution in [1.82, 2.24) is 0 Å². The molecule has 0 saturated carbocycles. The van der Waals surface area contributed by atoms with Gasteiger partial charge in [0.1, 0.15) is 0 Å². The first-order chi connectivity index (χ1) is 22.7. The molecule has 1 rings (SSSR count). The molecule has 0 atom stereocenters. The number of para-hydroxylation sites is 2. The summed E-state index contributed by atoms with van der Waals surface area (Å²) in [4.78, 5) is 0. The number of hydrogen-bond acceptors (Lipinski definition) is 2. The number of halogens is 26. The van der Waals surface area contributed by atoms with E-state index in [0.717, 1.165) is 12.1 Å². The Hall–Kier alpha value is -3.00. The molecule has 0 aliphatic carbocycles. The van der Waals surface area contributed by atoms with E-state index in [9.17, 15) is 114 Å². The monoisotopic (exact) mass is 830 g/mol. The van der Waals surface area contributed by atoms with Crippen LogP contribution in [0.15, 0.2) is 24.3 Å². The highest BCUT2D eigenvalue weighted by molar-refractivity contribution is 5.39. The first-order valence-electron chi connectivity index (χ1n) is 12.9. The van der Waals surface area contributed by atoms with E-state index in [0.29, 0.717) is 12.1 Å². The molecule has 2 nitrogen and oxygen atoms in total. The van der Waals surface area contributed by atoms with E-state index in [1.165, 1.54) is 0 Å². The Morgan fingerprint density at radius 3 is 0.788 bits per heavy atom. The molecule has 0 heterocycles. The summed E-state index contributed by atoms with van der Waals surface area (Å²) in [6, 6.07) is 3.29. The quantitative estimate of drug-likeness (QED) is 0.108. The third kappa shape index (κ3) is 7.65. The van der Waals surface area contributed by atoms with Crippen LogP contribution in [0.3, 0.4) is 0 Å². The SMILES string of the molecule is FC(F)(F)C(F)(F)C(F)(F)C(F)(F)C(F)(F)C(F)(F)CCCOc1ccccc1OCCCC(F)(F)C(F)(F)C(F)(F)C(F)(F)C(F)(F)C(F)(F)F. The van der Waals surface area contributed by atoms with E-state index in [2.05, 4.69) is 9.47 Å². The highest BCUT2D eigenvalue weighted by Crippen LogP contribution is 2.62. The second-order valence-electron chi connectivity index (χ2n) is 10.4. The minimum absolute atomic E-state index is 0.711. The summed E-state index contributed by atoms with van der Waals surface area (Å²) in [5.74, 6) is -78.1. The van der Waals surface area contributed by atoms with Crippen molar-refractivity contribution >= 4 is 0 Å². The molecular weight excluding hydrogens is 814 g/mol. The normalized spacial score (nSPS) is 15.6. The lowest BCUT2D eigenvalue weighted by molar-refractivity contribution is -0.440. The summed E-state index contributed by atoms with van der Waals surface area (Å²) in [5.41, 5.74) is 0. The molecule has 306 valence electrons. The molecule has 0 bridgehead atoms. The van der Waals surface area contributed by atoms with Gasteiger partial charge < -0.3 is 9.47 Å². The average molecular weight is 830 g/mol. The van der Waals surface area contributed by atoms with Crippen LogP contribution in [0.2, 0.25) is 0 Å². The fraction of sp³-hybridized carbons (Fsp3) is 0.750. The van der Waals surface area contributed by atoms with E-state index >= 15 is 0 Å². The molecule has 0 fully saturated rings. The topological polar surface area (TPSA) is 18.5 Å². The maximum absolute atomic E-state index is 13.9. The van der Waals surface area contributed by atoms with E-state index in [1.54, 1.807) is 0 Å². The third-order valence-electron chi connectivity index (χ3n) is 6.63. The van der Waals surface area contributed by atoms with Crippen LogP contribution >= 0.6 is 0 Å². The molecule has 0 N–H and O–H groups in total. The minimum Gasteiger partial charge on any atom is -0.490 e. The predicted molar refractivity (Wildman–Crippen MR) is 117 cm³/mol. The van der Waals surface area contributed by atoms with Crippen LogP contribution in [0, 0.1) is 0 Å². The molecule has 1 aromatic rings. The van der Waals surface area contributed by atoms with Gasteiger partial charge >= 0.3 is 71.6 Å². The van der Waals surface area contributed by atoms with Crippen LogP contribution in [-0.2, 0) is 0 Å². The van der Waals surface area contributed by atoms with Gasteiger partial charge in [0.2, 0.25) is 0 Å². The zero-order valence-corrected chi connectivity index (χ0v) is 24.2. The number of rotatable bonds is 18. The van der Waals surface area contributed by atoms with Crippen molar-refractivity contribution < 1.29 is 124 Å². The van der Waals surface area contributed by atoms with Gasteiger partial charge in [0.05, 0.1) is 13.2 Å². The largest absolute Gasteiger partial charge is 0.490 e. The molecule has 0 unspecified atom stereocenters. The van der Waals surface area contributed by atoms with Crippen LogP contribution in [0.1, 0.15) is 25.7 Å². The Morgan fingerprint density at radius 1 is 0.327 bits per heavy atom. The van der Waals surface area contributed by atoms with Crippen molar-refractivity contribution in [1.29, 1.82) is 0 Å². The third-order valence-corrected chi connectivity index (χ3v) is 6.63. The summed E-state index contributed by atoms with van der Waals surface area (Å²) in [5, 5.41) is 0. The minimum atomic E-state index is -8.15. The van der Waals surface area contributed by atoms with Gasteiger partial charge in [0.15, 0.2) is 11.5 Å². The van der Waals surface area contributed by atoms with Gasteiger partial charge in [-0.15, -0.1) is 0 Å². The van der Waals surface area contributed by atoms with Crippen LogP contribution in [0.25, 0.3) is 0 Å². The van der Waals surface area contributed by atoms with Crippen molar-refractivity contribution in [3.05, 3.63) is 24.3 Å². The average Bonchev–Trinajstić information content (AvgIpc) is 2.96. The highest BCUT2D eigenvalue weighted by atomic mass is 19.4. The van der Waals surface area contributed by atoms with Crippen LogP contribution in [0.5, 0.6) is 11.5 Å². The summed E-state index contributed by atoms with van der Waals surface area (Å²) in [7, 11) is 0. The summed E-state index contributed by atoms with van der Waals surface area (Å²) in [6.07, 6.45) is -24.0. The van der Waals surface area contributed by atoms with Gasteiger partial charge in [-0.2, -0.15) is 114 Å². The Labute approximate surface area is 271 Å². The second-order valence-corrected chi connectivity index (χ2v) is 10.4. The fourth-order valence-corrected chi connectivity index (χ4v) is 3.56. The molecule has 0 aromatic heterocycles. The lowest BCUT2D eigenvalue weighted by Crippen LogP contribution is -2.70. The maximum Gasteiger partial charge on any atom is 0.460 e. The predicted octanol–water partition coefficient (Wildman–Crippen LogP) is 11.5. The number of ether oxygens (including phenoxy) is 2. The first kappa shape index (κ1) is 47.0. The first-order valence-corrected chi connectivity index (χ1v) is 12.9. The molecule has 0 aliphatic heterocycles. The fourth-order valence-electron chi connectivity index (χ4n) is 3.56. The summed E-state index contributed by atoms with van der Waals surface area (Å²) >= 11 is 0. The van der Waals surface area contributed by atoms with Gasteiger partial charge in [0, 0.05) is 12.8 Å².